The van der Waals surface area contributed by atoms with Gasteiger partial charge in [0.2, 0.25) is 0 Å². The molecule has 3 aromatic rings. The van der Waals surface area contributed by atoms with Gasteiger partial charge in [-0.25, -0.2) is 9.37 Å². The molecule has 0 bridgehead atoms. The first-order valence-corrected chi connectivity index (χ1v) is 9.97. The lowest BCUT2D eigenvalue weighted by atomic mass is 10.1. The Kier molecular flexibility index (Phi) is 6.30. The largest absolute Gasteiger partial charge is 0.345 e. The van der Waals surface area contributed by atoms with Crippen LogP contribution in [0.15, 0.2) is 42.5 Å². The van der Waals surface area contributed by atoms with E-state index in [9.17, 15) is 14.0 Å². The number of halogens is 2. The minimum Gasteiger partial charge on any atom is -0.345 e. The van der Waals surface area contributed by atoms with Crippen LogP contribution in [-0.4, -0.2) is 35.8 Å². The van der Waals surface area contributed by atoms with Gasteiger partial charge in [0.25, 0.3) is 11.8 Å². The highest BCUT2D eigenvalue weighted by atomic mass is 35.5. The van der Waals surface area contributed by atoms with Gasteiger partial charge in [-0.1, -0.05) is 23.7 Å². The normalized spacial score (nSPS) is 10.7. The molecule has 2 amide bonds. The number of rotatable bonds is 5. The molecule has 1 aromatic heterocycles. The average Bonchev–Trinajstić information content (AvgIpc) is 3.05. The monoisotopic (exact) mass is 431 g/mol. The maximum atomic E-state index is 13.1. The molecular formula is C21H19ClFN3O2S. The Morgan fingerprint density at radius 2 is 1.86 bits per heavy atom. The lowest BCUT2D eigenvalue weighted by molar-refractivity contribution is 0.0827. The highest BCUT2D eigenvalue weighted by Gasteiger charge is 2.18. The number of carbonyl (C=O) groups excluding carboxylic acids is 2. The van der Waals surface area contributed by atoms with Crippen LogP contribution in [0.3, 0.4) is 0 Å². The SMILES string of the molecule is Cc1nc(Cc2ccc(F)cc2)sc1C(=O)Nc1cc(C(=O)N(C)C)ccc1Cl. The maximum Gasteiger partial charge on any atom is 0.267 e. The highest BCUT2D eigenvalue weighted by Crippen LogP contribution is 2.27. The molecule has 0 fully saturated rings. The van der Waals surface area contributed by atoms with Gasteiger partial charge < -0.3 is 10.2 Å². The van der Waals surface area contributed by atoms with Crippen LogP contribution in [0.4, 0.5) is 10.1 Å². The van der Waals surface area contributed by atoms with E-state index in [4.69, 9.17) is 11.6 Å². The molecule has 8 heteroatoms. The van der Waals surface area contributed by atoms with Crippen molar-refractivity contribution in [3.05, 3.63) is 80.0 Å². The van der Waals surface area contributed by atoms with Crippen LogP contribution in [0.2, 0.25) is 5.02 Å². The number of benzene rings is 2. The molecule has 5 nitrogen and oxygen atoms in total. The van der Waals surface area contributed by atoms with Crippen molar-refractivity contribution in [2.24, 2.45) is 0 Å². The van der Waals surface area contributed by atoms with Crippen molar-refractivity contribution < 1.29 is 14.0 Å². The maximum absolute atomic E-state index is 13.1. The van der Waals surface area contributed by atoms with Crippen LogP contribution in [-0.2, 0) is 6.42 Å². The summed E-state index contributed by atoms with van der Waals surface area (Å²) in [5.41, 5.74) is 2.29. The molecule has 1 heterocycles. The third kappa shape index (κ3) is 4.99. The average molecular weight is 432 g/mol. The minimum atomic E-state index is -0.346. The fourth-order valence-corrected chi connectivity index (χ4v) is 3.87. The standard InChI is InChI=1S/C21H19ClFN3O2S/c1-12-19(29-18(24-12)10-13-4-7-15(23)8-5-13)20(27)25-17-11-14(6-9-16(17)22)21(28)26(2)3/h4-9,11H,10H2,1-3H3,(H,25,27). The van der Waals surface area contributed by atoms with Crippen LogP contribution in [0, 0.1) is 12.7 Å². The Hall–Kier alpha value is -2.77. The van der Waals surface area contributed by atoms with Crippen LogP contribution in [0.25, 0.3) is 0 Å². The van der Waals surface area contributed by atoms with Crippen LogP contribution >= 0.6 is 22.9 Å². The van der Waals surface area contributed by atoms with Crippen LogP contribution < -0.4 is 5.32 Å². The zero-order valence-corrected chi connectivity index (χ0v) is 17.7. The lowest BCUT2D eigenvalue weighted by Crippen LogP contribution is -2.22. The van der Waals surface area contributed by atoms with Crippen molar-refractivity contribution in [3.63, 3.8) is 0 Å². The summed E-state index contributed by atoms with van der Waals surface area (Å²) in [5, 5.41) is 3.85. The summed E-state index contributed by atoms with van der Waals surface area (Å²) in [7, 11) is 3.30. The zero-order valence-electron chi connectivity index (χ0n) is 16.1. The Bertz CT molecular complexity index is 1060. The number of aryl methyl sites for hydroxylation is 1. The van der Waals surface area contributed by atoms with E-state index in [0.717, 1.165) is 10.6 Å². The van der Waals surface area contributed by atoms with E-state index < -0.39 is 0 Å². The summed E-state index contributed by atoms with van der Waals surface area (Å²) in [6, 6.07) is 10.9. The second-order valence-electron chi connectivity index (χ2n) is 6.67. The first-order chi connectivity index (χ1) is 13.7. The van der Waals surface area contributed by atoms with E-state index in [1.165, 1.54) is 28.4 Å². The third-order valence-corrected chi connectivity index (χ3v) is 5.67. The molecule has 3 rings (SSSR count). The van der Waals surface area contributed by atoms with Gasteiger partial charge >= 0.3 is 0 Å². The van der Waals surface area contributed by atoms with Gasteiger partial charge in [0.1, 0.15) is 10.7 Å². The van der Waals surface area contributed by atoms with Gasteiger partial charge in [-0.05, 0) is 42.8 Å². The molecule has 0 unspecified atom stereocenters. The number of anilines is 1. The number of carbonyl (C=O) groups is 2. The van der Waals surface area contributed by atoms with E-state index >= 15 is 0 Å². The van der Waals surface area contributed by atoms with E-state index in [1.807, 2.05) is 0 Å². The molecule has 0 aliphatic heterocycles. The number of thiazole rings is 1. The molecule has 0 saturated heterocycles. The summed E-state index contributed by atoms with van der Waals surface area (Å²) in [6.07, 6.45) is 0.507. The quantitative estimate of drug-likeness (QED) is 0.631. The van der Waals surface area contributed by atoms with Crippen molar-refractivity contribution in [1.82, 2.24) is 9.88 Å². The second-order valence-corrected chi connectivity index (χ2v) is 8.16. The summed E-state index contributed by atoms with van der Waals surface area (Å²) < 4.78 is 13.1. The highest BCUT2D eigenvalue weighted by molar-refractivity contribution is 7.14. The minimum absolute atomic E-state index is 0.187. The topological polar surface area (TPSA) is 62.3 Å². The predicted molar refractivity (Wildman–Crippen MR) is 113 cm³/mol. The fourth-order valence-electron chi connectivity index (χ4n) is 2.71. The van der Waals surface area contributed by atoms with Gasteiger partial charge in [0, 0.05) is 26.1 Å². The van der Waals surface area contributed by atoms with Gasteiger partial charge in [-0.15, -0.1) is 11.3 Å². The van der Waals surface area contributed by atoms with Crippen molar-refractivity contribution in [3.8, 4) is 0 Å². The Morgan fingerprint density at radius 1 is 1.17 bits per heavy atom. The number of hydrogen-bond donors (Lipinski definition) is 1. The van der Waals surface area contributed by atoms with Crippen molar-refractivity contribution in [1.29, 1.82) is 0 Å². The molecule has 0 radical (unpaired) electrons. The summed E-state index contributed by atoms with van der Waals surface area (Å²) >= 11 is 7.47. The zero-order chi connectivity index (χ0) is 21.1. The van der Waals surface area contributed by atoms with Crippen LogP contribution in [0.1, 0.15) is 36.3 Å². The fraction of sp³-hybridized carbons (Fsp3) is 0.190. The summed E-state index contributed by atoms with van der Waals surface area (Å²) in [4.78, 5) is 31.3. The summed E-state index contributed by atoms with van der Waals surface area (Å²) in [5.74, 6) is -0.828. The molecule has 0 aliphatic carbocycles. The van der Waals surface area contributed by atoms with Crippen molar-refractivity contribution >= 4 is 40.4 Å². The lowest BCUT2D eigenvalue weighted by Gasteiger charge is -2.12. The summed E-state index contributed by atoms with van der Waals surface area (Å²) in [6.45, 7) is 1.76. The Morgan fingerprint density at radius 3 is 2.52 bits per heavy atom. The van der Waals surface area contributed by atoms with E-state index in [0.29, 0.717) is 33.3 Å². The van der Waals surface area contributed by atoms with Gasteiger partial charge in [0.15, 0.2) is 0 Å². The van der Waals surface area contributed by atoms with Crippen LogP contribution in [0.5, 0.6) is 0 Å². The molecule has 150 valence electrons. The van der Waals surface area contributed by atoms with E-state index in [2.05, 4.69) is 10.3 Å². The Balaban J connectivity index is 1.79. The van der Waals surface area contributed by atoms with Gasteiger partial charge in [-0.3, -0.25) is 9.59 Å². The molecule has 0 aliphatic rings. The second kappa shape index (κ2) is 8.71. The number of aromatic nitrogens is 1. The number of hydrogen-bond acceptors (Lipinski definition) is 4. The van der Waals surface area contributed by atoms with Gasteiger partial charge in [-0.2, -0.15) is 0 Å². The number of nitrogens with zero attached hydrogens (tertiary/aromatic N) is 2. The molecule has 29 heavy (non-hydrogen) atoms. The molecule has 0 spiro atoms. The van der Waals surface area contributed by atoms with Gasteiger partial charge in [0.05, 0.1) is 21.4 Å². The van der Waals surface area contributed by atoms with E-state index in [-0.39, 0.29) is 17.6 Å². The van der Waals surface area contributed by atoms with Crippen molar-refractivity contribution in [2.45, 2.75) is 13.3 Å². The first kappa shape index (κ1) is 21.0. The van der Waals surface area contributed by atoms with Crippen molar-refractivity contribution in [2.75, 3.05) is 19.4 Å². The molecule has 1 N–H and O–H groups in total. The first-order valence-electron chi connectivity index (χ1n) is 8.78. The molecular weight excluding hydrogens is 413 g/mol. The molecule has 0 atom stereocenters. The number of amides is 2. The third-order valence-electron chi connectivity index (χ3n) is 4.18. The van der Waals surface area contributed by atoms with E-state index in [1.54, 1.807) is 51.4 Å². The molecule has 2 aromatic carbocycles. The Labute approximate surface area is 177 Å². The predicted octanol–water partition coefficient (Wildman–Crippen LogP) is 4.79. The smallest absolute Gasteiger partial charge is 0.267 e. The number of nitrogens with one attached hydrogen (secondary N) is 1. The molecule has 0 saturated carbocycles.